The van der Waals surface area contributed by atoms with E-state index in [0.717, 1.165) is 6.42 Å². The van der Waals surface area contributed by atoms with E-state index in [1.807, 2.05) is 6.92 Å². The summed E-state index contributed by atoms with van der Waals surface area (Å²) in [7, 11) is 0. The summed E-state index contributed by atoms with van der Waals surface area (Å²) in [5, 5.41) is 5.59. The molecule has 0 aromatic rings. The number of carbonyl (C=O) groups is 2. The Bertz CT molecular complexity index is 280. The standard InChI is InChI=1S/C10H16N2O3/c1-6-8(2-3-15-6)12-10(14)7-4-9(13)11-5-7/h6-8H,2-5H2,1H3,(H,11,13)(H,12,14). The van der Waals surface area contributed by atoms with Crippen LogP contribution in [0.1, 0.15) is 19.8 Å². The van der Waals surface area contributed by atoms with Crippen LogP contribution in [0.2, 0.25) is 0 Å². The van der Waals surface area contributed by atoms with Crippen LogP contribution in [0.4, 0.5) is 0 Å². The van der Waals surface area contributed by atoms with Crippen LogP contribution in [0.15, 0.2) is 0 Å². The minimum atomic E-state index is -0.203. The second-order valence-electron chi connectivity index (χ2n) is 4.18. The monoisotopic (exact) mass is 212 g/mol. The van der Waals surface area contributed by atoms with Gasteiger partial charge in [0.1, 0.15) is 0 Å². The van der Waals surface area contributed by atoms with Crippen molar-refractivity contribution in [2.24, 2.45) is 5.92 Å². The van der Waals surface area contributed by atoms with Gasteiger partial charge in [-0.25, -0.2) is 0 Å². The number of hydrogen-bond acceptors (Lipinski definition) is 3. The average molecular weight is 212 g/mol. The van der Waals surface area contributed by atoms with E-state index in [1.165, 1.54) is 0 Å². The Morgan fingerprint density at radius 1 is 1.60 bits per heavy atom. The normalized spacial score (nSPS) is 35.3. The van der Waals surface area contributed by atoms with Crippen molar-refractivity contribution in [1.29, 1.82) is 0 Å². The highest BCUT2D eigenvalue weighted by molar-refractivity contribution is 5.89. The van der Waals surface area contributed by atoms with Gasteiger partial charge in [0.05, 0.1) is 18.1 Å². The number of nitrogens with one attached hydrogen (secondary N) is 2. The lowest BCUT2D eigenvalue weighted by Gasteiger charge is -2.17. The molecule has 0 bridgehead atoms. The van der Waals surface area contributed by atoms with Gasteiger partial charge in [-0.3, -0.25) is 9.59 Å². The molecule has 3 unspecified atom stereocenters. The van der Waals surface area contributed by atoms with E-state index in [4.69, 9.17) is 4.74 Å². The quantitative estimate of drug-likeness (QED) is 0.643. The number of hydrogen-bond donors (Lipinski definition) is 2. The van der Waals surface area contributed by atoms with Crippen molar-refractivity contribution in [3.8, 4) is 0 Å². The van der Waals surface area contributed by atoms with Crippen LogP contribution in [0.25, 0.3) is 0 Å². The summed E-state index contributed by atoms with van der Waals surface area (Å²) in [5.74, 6) is -0.271. The summed E-state index contributed by atoms with van der Waals surface area (Å²) in [6.45, 7) is 3.12. The summed E-state index contributed by atoms with van der Waals surface area (Å²) in [4.78, 5) is 22.7. The first-order chi connectivity index (χ1) is 7.16. The smallest absolute Gasteiger partial charge is 0.225 e. The highest BCUT2D eigenvalue weighted by Gasteiger charge is 2.32. The largest absolute Gasteiger partial charge is 0.376 e. The van der Waals surface area contributed by atoms with E-state index in [9.17, 15) is 9.59 Å². The van der Waals surface area contributed by atoms with E-state index in [-0.39, 0.29) is 29.9 Å². The molecule has 2 rings (SSSR count). The van der Waals surface area contributed by atoms with Crippen LogP contribution in [0.3, 0.4) is 0 Å². The third-order valence-electron chi connectivity index (χ3n) is 3.05. The second-order valence-corrected chi connectivity index (χ2v) is 4.18. The molecule has 2 saturated heterocycles. The minimum absolute atomic E-state index is 0.0318. The maximum absolute atomic E-state index is 11.7. The second kappa shape index (κ2) is 4.18. The lowest BCUT2D eigenvalue weighted by molar-refractivity contribution is -0.127. The molecular formula is C10H16N2O3. The van der Waals surface area contributed by atoms with Gasteiger partial charge in [-0.15, -0.1) is 0 Å². The van der Waals surface area contributed by atoms with Crippen molar-refractivity contribution in [2.75, 3.05) is 13.2 Å². The highest BCUT2D eigenvalue weighted by atomic mass is 16.5. The van der Waals surface area contributed by atoms with E-state index in [2.05, 4.69) is 10.6 Å². The number of ether oxygens (including phenoxy) is 1. The first kappa shape index (κ1) is 10.4. The van der Waals surface area contributed by atoms with Gasteiger partial charge in [0, 0.05) is 19.6 Å². The van der Waals surface area contributed by atoms with E-state index in [0.29, 0.717) is 19.6 Å². The van der Waals surface area contributed by atoms with Crippen molar-refractivity contribution in [1.82, 2.24) is 10.6 Å². The summed E-state index contributed by atoms with van der Waals surface area (Å²) in [6, 6.07) is 0.105. The molecule has 5 nitrogen and oxygen atoms in total. The molecular weight excluding hydrogens is 196 g/mol. The fourth-order valence-corrected chi connectivity index (χ4v) is 2.01. The molecule has 0 aromatic carbocycles. The summed E-state index contributed by atoms with van der Waals surface area (Å²) >= 11 is 0. The Balaban J connectivity index is 1.84. The molecule has 2 aliphatic rings. The summed E-state index contributed by atoms with van der Waals surface area (Å²) < 4.78 is 5.35. The van der Waals surface area contributed by atoms with Gasteiger partial charge in [-0.1, -0.05) is 0 Å². The first-order valence-electron chi connectivity index (χ1n) is 5.35. The fourth-order valence-electron chi connectivity index (χ4n) is 2.01. The molecule has 0 radical (unpaired) electrons. The van der Waals surface area contributed by atoms with Crippen molar-refractivity contribution < 1.29 is 14.3 Å². The molecule has 0 saturated carbocycles. The van der Waals surface area contributed by atoms with Gasteiger partial charge in [0.2, 0.25) is 11.8 Å². The van der Waals surface area contributed by atoms with Gasteiger partial charge >= 0.3 is 0 Å². The lowest BCUT2D eigenvalue weighted by atomic mass is 10.1. The molecule has 15 heavy (non-hydrogen) atoms. The molecule has 0 aromatic heterocycles. The Hall–Kier alpha value is -1.10. The van der Waals surface area contributed by atoms with E-state index >= 15 is 0 Å². The molecule has 0 spiro atoms. The van der Waals surface area contributed by atoms with Crippen molar-refractivity contribution in [3.63, 3.8) is 0 Å². The van der Waals surface area contributed by atoms with Crippen molar-refractivity contribution >= 4 is 11.8 Å². The van der Waals surface area contributed by atoms with Crippen LogP contribution in [-0.2, 0) is 14.3 Å². The maximum atomic E-state index is 11.7. The summed E-state index contributed by atoms with van der Waals surface area (Å²) in [6.07, 6.45) is 1.26. The van der Waals surface area contributed by atoms with Crippen LogP contribution < -0.4 is 10.6 Å². The molecule has 0 aliphatic carbocycles. The van der Waals surface area contributed by atoms with Crippen molar-refractivity contribution in [2.45, 2.75) is 31.9 Å². The molecule has 2 heterocycles. The molecule has 2 amide bonds. The molecule has 84 valence electrons. The van der Waals surface area contributed by atoms with Gasteiger partial charge < -0.3 is 15.4 Å². The number of rotatable bonds is 2. The van der Waals surface area contributed by atoms with Crippen LogP contribution in [-0.4, -0.2) is 37.1 Å². The Morgan fingerprint density at radius 2 is 2.40 bits per heavy atom. The Kier molecular flexibility index (Phi) is 2.90. The third kappa shape index (κ3) is 2.28. The molecule has 5 heteroatoms. The lowest BCUT2D eigenvalue weighted by Crippen LogP contribution is -2.42. The van der Waals surface area contributed by atoms with Gasteiger partial charge in [-0.2, -0.15) is 0 Å². The predicted molar refractivity (Wildman–Crippen MR) is 53.1 cm³/mol. The van der Waals surface area contributed by atoms with Crippen LogP contribution in [0, 0.1) is 5.92 Å². The van der Waals surface area contributed by atoms with Gasteiger partial charge in [0.25, 0.3) is 0 Å². The van der Waals surface area contributed by atoms with Crippen LogP contribution >= 0.6 is 0 Å². The SMILES string of the molecule is CC1OCCC1NC(=O)C1CNC(=O)C1. The highest BCUT2D eigenvalue weighted by Crippen LogP contribution is 2.15. The van der Waals surface area contributed by atoms with E-state index < -0.39 is 0 Å². The van der Waals surface area contributed by atoms with Gasteiger partial charge in [0.15, 0.2) is 0 Å². The molecule has 2 fully saturated rings. The maximum Gasteiger partial charge on any atom is 0.225 e. The van der Waals surface area contributed by atoms with Gasteiger partial charge in [-0.05, 0) is 13.3 Å². The zero-order chi connectivity index (χ0) is 10.8. The predicted octanol–water partition coefficient (Wildman–Crippen LogP) is -0.584. The average Bonchev–Trinajstić information content (AvgIpc) is 2.77. The topological polar surface area (TPSA) is 67.4 Å². The molecule has 3 atom stereocenters. The molecule has 2 aliphatic heterocycles. The summed E-state index contributed by atoms with van der Waals surface area (Å²) in [5.41, 5.74) is 0. The van der Waals surface area contributed by atoms with E-state index in [1.54, 1.807) is 0 Å². The Labute approximate surface area is 88.5 Å². The molecule has 2 N–H and O–H groups in total. The minimum Gasteiger partial charge on any atom is -0.376 e. The number of carbonyl (C=O) groups excluding carboxylic acids is 2. The number of amides is 2. The van der Waals surface area contributed by atoms with Crippen LogP contribution in [0.5, 0.6) is 0 Å². The first-order valence-corrected chi connectivity index (χ1v) is 5.35. The van der Waals surface area contributed by atoms with Crippen molar-refractivity contribution in [3.05, 3.63) is 0 Å². The Morgan fingerprint density at radius 3 is 2.93 bits per heavy atom. The third-order valence-corrected chi connectivity index (χ3v) is 3.05. The fraction of sp³-hybridized carbons (Fsp3) is 0.800. The zero-order valence-electron chi connectivity index (χ0n) is 8.79. The zero-order valence-corrected chi connectivity index (χ0v) is 8.79.